The summed E-state index contributed by atoms with van der Waals surface area (Å²) in [6.45, 7) is 5.78. The highest BCUT2D eigenvalue weighted by molar-refractivity contribution is 5.27. The molecule has 0 unspecified atom stereocenters. The maximum atomic E-state index is 5.24. The van der Waals surface area contributed by atoms with Crippen molar-refractivity contribution in [3.05, 3.63) is 59.9 Å². The molecule has 0 radical (unpaired) electrons. The molecule has 3 rings (SSSR count). The van der Waals surface area contributed by atoms with Crippen LogP contribution in [0.15, 0.2) is 48.8 Å². The van der Waals surface area contributed by atoms with Crippen molar-refractivity contribution in [3.8, 4) is 5.75 Å². The number of nitrogens with zero attached hydrogens (tertiary/aromatic N) is 3. The van der Waals surface area contributed by atoms with Crippen molar-refractivity contribution in [2.45, 2.75) is 25.8 Å². The zero-order valence-corrected chi connectivity index (χ0v) is 16.1. The van der Waals surface area contributed by atoms with Gasteiger partial charge in [-0.1, -0.05) is 12.1 Å². The van der Waals surface area contributed by atoms with Crippen molar-refractivity contribution >= 4 is 0 Å². The molecular weight excluding hydrogens is 322 g/mol. The summed E-state index contributed by atoms with van der Waals surface area (Å²) in [7, 11) is 3.95. The van der Waals surface area contributed by atoms with Gasteiger partial charge in [-0.15, -0.1) is 0 Å². The monoisotopic (exact) mass is 353 g/mol. The molecule has 0 spiro atoms. The maximum Gasteiger partial charge on any atom is 0.118 e. The largest absolute Gasteiger partial charge is 0.497 e. The fourth-order valence-electron chi connectivity index (χ4n) is 3.89. The number of pyridine rings is 1. The molecular formula is C22H31N3O. The molecule has 2 aromatic rings. The standard InChI is InChI=1S/C22H31N3O/c1-24(16-20-9-12-23-13-10-20)17-21-4-3-14-25(18-21)15-11-19-5-7-22(26-2)8-6-19/h5-10,12-13,21H,3-4,11,14-18H2,1-2H3/t21-/m0/s1. The minimum atomic E-state index is 0.770. The van der Waals surface area contributed by atoms with Gasteiger partial charge in [0.15, 0.2) is 0 Å². The second kappa shape index (κ2) is 9.70. The molecule has 0 amide bonds. The highest BCUT2D eigenvalue weighted by Crippen LogP contribution is 2.19. The predicted molar refractivity (Wildman–Crippen MR) is 106 cm³/mol. The fourth-order valence-corrected chi connectivity index (χ4v) is 3.89. The SMILES string of the molecule is COc1ccc(CCN2CCC[C@@H](CN(C)Cc3ccncc3)C2)cc1. The van der Waals surface area contributed by atoms with E-state index in [0.717, 1.165) is 31.2 Å². The van der Waals surface area contributed by atoms with Crippen molar-refractivity contribution in [1.82, 2.24) is 14.8 Å². The van der Waals surface area contributed by atoms with E-state index in [1.807, 2.05) is 12.4 Å². The first-order valence-corrected chi connectivity index (χ1v) is 9.65. The van der Waals surface area contributed by atoms with Crippen LogP contribution < -0.4 is 4.74 Å². The van der Waals surface area contributed by atoms with Gasteiger partial charge in [0.2, 0.25) is 0 Å². The van der Waals surface area contributed by atoms with E-state index in [1.165, 1.54) is 43.6 Å². The lowest BCUT2D eigenvalue weighted by Gasteiger charge is -2.34. The summed E-state index contributed by atoms with van der Waals surface area (Å²) in [4.78, 5) is 9.19. The Bertz CT molecular complexity index is 644. The van der Waals surface area contributed by atoms with Crippen molar-refractivity contribution < 1.29 is 4.74 Å². The number of benzene rings is 1. The van der Waals surface area contributed by atoms with Crippen LogP contribution in [0.3, 0.4) is 0 Å². The highest BCUT2D eigenvalue weighted by Gasteiger charge is 2.21. The first-order chi connectivity index (χ1) is 12.7. The zero-order chi connectivity index (χ0) is 18.2. The number of rotatable bonds is 8. The lowest BCUT2D eigenvalue weighted by Crippen LogP contribution is -2.40. The maximum absolute atomic E-state index is 5.24. The second-order valence-corrected chi connectivity index (χ2v) is 7.46. The minimum Gasteiger partial charge on any atom is -0.497 e. The van der Waals surface area contributed by atoms with Crippen LogP contribution in [0, 0.1) is 5.92 Å². The van der Waals surface area contributed by atoms with Gasteiger partial charge in [0.05, 0.1) is 7.11 Å². The summed E-state index contributed by atoms with van der Waals surface area (Å²) < 4.78 is 5.24. The van der Waals surface area contributed by atoms with Crippen LogP contribution in [0.2, 0.25) is 0 Å². The molecule has 1 aliphatic heterocycles. The Labute approximate surface area is 157 Å². The normalized spacial score (nSPS) is 18.2. The Morgan fingerprint density at radius 2 is 1.88 bits per heavy atom. The van der Waals surface area contributed by atoms with Crippen molar-refractivity contribution in [2.24, 2.45) is 5.92 Å². The molecule has 4 nitrogen and oxygen atoms in total. The van der Waals surface area contributed by atoms with Crippen LogP contribution in [-0.2, 0) is 13.0 Å². The topological polar surface area (TPSA) is 28.6 Å². The Morgan fingerprint density at radius 3 is 2.62 bits per heavy atom. The van der Waals surface area contributed by atoms with Crippen LogP contribution in [0.25, 0.3) is 0 Å². The van der Waals surface area contributed by atoms with E-state index in [0.29, 0.717) is 0 Å². The van der Waals surface area contributed by atoms with Crippen LogP contribution in [-0.4, -0.2) is 55.1 Å². The molecule has 1 fully saturated rings. The molecule has 0 bridgehead atoms. The predicted octanol–water partition coefficient (Wildman–Crippen LogP) is 3.48. The molecule has 0 N–H and O–H groups in total. The second-order valence-electron chi connectivity index (χ2n) is 7.46. The van der Waals surface area contributed by atoms with Crippen LogP contribution >= 0.6 is 0 Å². The average Bonchev–Trinajstić information content (AvgIpc) is 2.68. The van der Waals surface area contributed by atoms with Crippen LogP contribution in [0.4, 0.5) is 0 Å². The highest BCUT2D eigenvalue weighted by atomic mass is 16.5. The van der Waals surface area contributed by atoms with E-state index in [1.54, 1.807) is 7.11 Å². The quantitative estimate of drug-likeness (QED) is 0.726. The summed E-state index contributed by atoms with van der Waals surface area (Å²) in [5.74, 6) is 1.70. The van der Waals surface area contributed by atoms with E-state index in [-0.39, 0.29) is 0 Å². The summed E-state index contributed by atoms with van der Waals surface area (Å²) in [5, 5.41) is 0. The van der Waals surface area contributed by atoms with Gasteiger partial charge in [-0.25, -0.2) is 0 Å². The van der Waals surface area contributed by atoms with E-state index in [4.69, 9.17) is 4.74 Å². The van der Waals surface area contributed by atoms with Gasteiger partial charge in [0, 0.05) is 38.6 Å². The van der Waals surface area contributed by atoms with Gasteiger partial charge in [-0.05, 0) is 74.2 Å². The number of piperidine rings is 1. The molecule has 4 heteroatoms. The summed E-state index contributed by atoms with van der Waals surface area (Å²) in [5.41, 5.74) is 2.73. The zero-order valence-electron chi connectivity index (χ0n) is 16.1. The van der Waals surface area contributed by atoms with Gasteiger partial charge in [-0.2, -0.15) is 0 Å². The molecule has 26 heavy (non-hydrogen) atoms. The molecule has 1 aromatic heterocycles. The van der Waals surface area contributed by atoms with E-state index in [2.05, 4.69) is 58.2 Å². The summed E-state index contributed by atoms with van der Waals surface area (Å²) in [6, 6.07) is 12.7. The van der Waals surface area contributed by atoms with Crippen LogP contribution in [0.5, 0.6) is 5.75 Å². The van der Waals surface area contributed by atoms with Crippen molar-refractivity contribution in [1.29, 1.82) is 0 Å². The Kier molecular flexibility index (Phi) is 7.04. The first kappa shape index (κ1) is 18.9. The minimum absolute atomic E-state index is 0.770. The van der Waals surface area contributed by atoms with Crippen LogP contribution in [0.1, 0.15) is 24.0 Å². The number of methoxy groups -OCH3 is 1. The number of hydrogen-bond donors (Lipinski definition) is 0. The molecule has 1 atom stereocenters. The Morgan fingerprint density at radius 1 is 1.12 bits per heavy atom. The van der Waals surface area contributed by atoms with Crippen molar-refractivity contribution in [3.63, 3.8) is 0 Å². The van der Waals surface area contributed by atoms with Gasteiger partial charge < -0.3 is 14.5 Å². The Balaban J connectivity index is 1.43. The van der Waals surface area contributed by atoms with E-state index in [9.17, 15) is 0 Å². The van der Waals surface area contributed by atoms with Gasteiger partial charge >= 0.3 is 0 Å². The molecule has 1 saturated heterocycles. The number of hydrogen-bond acceptors (Lipinski definition) is 4. The Hall–Kier alpha value is -1.91. The average molecular weight is 354 g/mol. The lowest BCUT2D eigenvalue weighted by molar-refractivity contribution is 0.142. The molecule has 1 aromatic carbocycles. The third kappa shape index (κ3) is 5.82. The molecule has 140 valence electrons. The fraction of sp³-hybridized carbons (Fsp3) is 0.500. The lowest BCUT2D eigenvalue weighted by atomic mass is 9.97. The van der Waals surface area contributed by atoms with E-state index >= 15 is 0 Å². The third-order valence-electron chi connectivity index (χ3n) is 5.25. The molecule has 0 aliphatic carbocycles. The third-order valence-corrected chi connectivity index (χ3v) is 5.25. The molecule has 0 saturated carbocycles. The first-order valence-electron chi connectivity index (χ1n) is 9.65. The number of ether oxygens (including phenoxy) is 1. The van der Waals surface area contributed by atoms with Gasteiger partial charge in [-0.3, -0.25) is 4.98 Å². The smallest absolute Gasteiger partial charge is 0.118 e. The van der Waals surface area contributed by atoms with E-state index < -0.39 is 0 Å². The van der Waals surface area contributed by atoms with Gasteiger partial charge in [0.25, 0.3) is 0 Å². The number of likely N-dealkylation sites (tertiary alicyclic amines) is 1. The summed E-state index contributed by atoms with van der Waals surface area (Å²) >= 11 is 0. The summed E-state index contributed by atoms with van der Waals surface area (Å²) in [6.07, 6.45) is 7.54. The van der Waals surface area contributed by atoms with Gasteiger partial charge in [0.1, 0.15) is 5.75 Å². The molecule has 2 heterocycles. The van der Waals surface area contributed by atoms with Crippen molar-refractivity contribution in [2.75, 3.05) is 40.3 Å². The molecule has 1 aliphatic rings. The number of aromatic nitrogens is 1.